The van der Waals surface area contributed by atoms with E-state index in [0.717, 1.165) is 12.8 Å². The van der Waals surface area contributed by atoms with Crippen LogP contribution < -0.4 is 4.72 Å². The van der Waals surface area contributed by atoms with Crippen LogP contribution in [0.25, 0.3) is 0 Å². The SMILES string of the molecule is CC1CCC(O)(CNS(=O)(=O)CCC(C)(C)C)CC1. The first-order valence-electron chi connectivity index (χ1n) is 7.21. The van der Waals surface area contributed by atoms with Gasteiger partial charge in [0.05, 0.1) is 11.4 Å². The van der Waals surface area contributed by atoms with Crippen LogP contribution in [0.1, 0.15) is 59.8 Å². The molecule has 19 heavy (non-hydrogen) atoms. The minimum Gasteiger partial charge on any atom is -0.389 e. The quantitative estimate of drug-likeness (QED) is 0.816. The summed E-state index contributed by atoms with van der Waals surface area (Å²) < 4.78 is 26.4. The molecule has 0 radical (unpaired) electrons. The Bertz CT molecular complexity index is 376. The van der Waals surface area contributed by atoms with Crippen LogP contribution in [0.4, 0.5) is 0 Å². The normalized spacial score (nSPS) is 29.4. The van der Waals surface area contributed by atoms with Crippen molar-refractivity contribution in [3.05, 3.63) is 0 Å². The fraction of sp³-hybridized carbons (Fsp3) is 1.00. The van der Waals surface area contributed by atoms with Crippen molar-refractivity contribution in [2.75, 3.05) is 12.3 Å². The van der Waals surface area contributed by atoms with Crippen LogP contribution in [0, 0.1) is 11.3 Å². The van der Waals surface area contributed by atoms with Crippen molar-refractivity contribution in [3.63, 3.8) is 0 Å². The molecule has 1 aliphatic rings. The van der Waals surface area contributed by atoms with Gasteiger partial charge < -0.3 is 5.11 Å². The van der Waals surface area contributed by atoms with E-state index < -0.39 is 15.6 Å². The van der Waals surface area contributed by atoms with Crippen LogP contribution in [0.3, 0.4) is 0 Å². The Morgan fingerprint density at radius 3 is 2.26 bits per heavy atom. The van der Waals surface area contributed by atoms with Crippen molar-refractivity contribution in [2.24, 2.45) is 11.3 Å². The van der Waals surface area contributed by atoms with Crippen LogP contribution in [-0.2, 0) is 10.0 Å². The summed E-state index contributed by atoms with van der Waals surface area (Å²) in [6.07, 6.45) is 3.95. The molecule has 1 aliphatic carbocycles. The van der Waals surface area contributed by atoms with E-state index in [9.17, 15) is 13.5 Å². The lowest BCUT2D eigenvalue weighted by molar-refractivity contribution is -0.00183. The maximum atomic E-state index is 11.9. The zero-order valence-electron chi connectivity index (χ0n) is 12.7. The molecule has 0 saturated heterocycles. The first kappa shape index (κ1) is 16.9. The Labute approximate surface area is 118 Å². The number of hydrogen-bond donors (Lipinski definition) is 2. The van der Waals surface area contributed by atoms with Gasteiger partial charge in [0.1, 0.15) is 0 Å². The van der Waals surface area contributed by atoms with Crippen molar-refractivity contribution < 1.29 is 13.5 Å². The van der Waals surface area contributed by atoms with Gasteiger partial charge in [-0.2, -0.15) is 0 Å². The van der Waals surface area contributed by atoms with Gasteiger partial charge in [0.2, 0.25) is 10.0 Å². The zero-order chi connectivity index (χ0) is 14.7. The second kappa shape index (κ2) is 6.10. The maximum Gasteiger partial charge on any atom is 0.211 e. The first-order valence-corrected chi connectivity index (χ1v) is 8.86. The predicted octanol–water partition coefficient (Wildman–Crippen LogP) is 2.28. The molecule has 0 spiro atoms. The van der Waals surface area contributed by atoms with Crippen LogP contribution in [0.2, 0.25) is 0 Å². The van der Waals surface area contributed by atoms with Gasteiger partial charge in [0.25, 0.3) is 0 Å². The molecule has 5 heteroatoms. The summed E-state index contributed by atoms with van der Waals surface area (Å²) in [4.78, 5) is 0. The molecule has 0 heterocycles. The molecule has 114 valence electrons. The van der Waals surface area contributed by atoms with Gasteiger partial charge in [-0.15, -0.1) is 0 Å². The molecule has 0 aromatic rings. The molecule has 1 fully saturated rings. The molecule has 2 N–H and O–H groups in total. The average molecular weight is 291 g/mol. The highest BCUT2D eigenvalue weighted by Gasteiger charge is 2.32. The van der Waals surface area contributed by atoms with Crippen molar-refractivity contribution in [1.82, 2.24) is 4.72 Å². The Morgan fingerprint density at radius 2 is 1.79 bits per heavy atom. The molecule has 0 bridgehead atoms. The monoisotopic (exact) mass is 291 g/mol. The molecule has 0 unspecified atom stereocenters. The largest absolute Gasteiger partial charge is 0.389 e. The van der Waals surface area contributed by atoms with Crippen molar-refractivity contribution in [2.45, 2.75) is 65.4 Å². The van der Waals surface area contributed by atoms with Crippen LogP contribution in [0.15, 0.2) is 0 Å². The van der Waals surface area contributed by atoms with E-state index in [0.29, 0.717) is 25.2 Å². The molecule has 1 rings (SSSR count). The van der Waals surface area contributed by atoms with Crippen LogP contribution in [0.5, 0.6) is 0 Å². The van der Waals surface area contributed by atoms with Crippen molar-refractivity contribution >= 4 is 10.0 Å². The molecular formula is C14H29NO3S. The highest BCUT2D eigenvalue weighted by Crippen LogP contribution is 2.31. The minimum absolute atomic E-state index is 0.00588. The van der Waals surface area contributed by atoms with Crippen LogP contribution in [-0.4, -0.2) is 31.4 Å². The third-order valence-corrected chi connectivity index (χ3v) is 5.27. The van der Waals surface area contributed by atoms with Gasteiger partial charge in [0, 0.05) is 6.54 Å². The summed E-state index contributed by atoms with van der Waals surface area (Å²) in [6.45, 7) is 8.41. The third-order valence-electron chi connectivity index (χ3n) is 3.95. The summed E-state index contributed by atoms with van der Waals surface area (Å²) in [7, 11) is -3.28. The third kappa shape index (κ3) is 6.72. The molecule has 0 atom stereocenters. The number of hydrogen-bond acceptors (Lipinski definition) is 3. The number of nitrogens with one attached hydrogen (secondary N) is 1. The van der Waals surface area contributed by atoms with Gasteiger partial charge in [-0.3, -0.25) is 0 Å². The minimum atomic E-state index is -3.28. The smallest absolute Gasteiger partial charge is 0.211 e. The number of sulfonamides is 1. The Hall–Kier alpha value is -0.130. The number of rotatable bonds is 5. The fourth-order valence-electron chi connectivity index (χ4n) is 2.23. The van der Waals surface area contributed by atoms with Gasteiger partial charge in [-0.1, -0.05) is 27.7 Å². The molecule has 4 nitrogen and oxygen atoms in total. The van der Waals surface area contributed by atoms with Crippen LogP contribution >= 0.6 is 0 Å². The summed E-state index contributed by atoms with van der Waals surface area (Å²) in [5.74, 6) is 0.765. The first-order chi connectivity index (χ1) is 8.52. The lowest BCUT2D eigenvalue weighted by Gasteiger charge is -2.35. The van der Waals surface area contributed by atoms with Gasteiger partial charge in [0.15, 0.2) is 0 Å². The van der Waals surface area contributed by atoms with E-state index in [2.05, 4.69) is 11.6 Å². The summed E-state index contributed by atoms with van der Waals surface area (Å²) >= 11 is 0. The lowest BCUT2D eigenvalue weighted by Crippen LogP contribution is -2.45. The van der Waals surface area contributed by atoms with E-state index in [1.54, 1.807) is 0 Å². The van der Waals surface area contributed by atoms with Gasteiger partial charge >= 0.3 is 0 Å². The van der Waals surface area contributed by atoms with E-state index >= 15 is 0 Å². The molecule has 0 aromatic carbocycles. The average Bonchev–Trinajstić information content (AvgIpc) is 2.28. The van der Waals surface area contributed by atoms with E-state index in [1.807, 2.05) is 20.8 Å². The fourth-order valence-corrected chi connectivity index (χ4v) is 3.75. The van der Waals surface area contributed by atoms with E-state index in [-0.39, 0.29) is 17.7 Å². The maximum absolute atomic E-state index is 11.9. The second-order valence-electron chi connectivity index (χ2n) is 7.36. The Kier molecular flexibility index (Phi) is 5.43. The molecule has 0 aliphatic heterocycles. The topological polar surface area (TPSA) is 66.4 Å². The van der Waals surface area contributed by atoms with Crippen molar-refractivity contribution in [3.8, 4) is 0 Å². The van der Waals surface area contributed by atoms with Gasteiger partial charge in [-0.05, 0) is 43.4 Å². The standard InChI is InChI=1S/C14H29NO3S/c1-12-5-7-14(16,8-6-12)11-15-19(17,18)10-9-13(2,3)4/h12,15-16H,5-11H2,1-4H3. The molecular weight excluding hydrogens is 262 g/mol. The highest BCUT2D eigenvalue weighted by molar-refractivity contribution is 7.89. The summed E-state index contributed by atoms with van der Waals surface area (Å²) in [5.41, 5.74) is -0.840. The highest BCUT2D eigenvalue weighted by atomic mass is 32.2. The summed E-state index contributed by atoms with van der Waals surface area (Å²) in [5, 5.41) is 10.4. The van der Waals surface area contributed by atoms with Crippen molar-refractivity contribution in [1.29, 1.82) is 0 Å². The number of aliphatic hydroxyl groups is 1. The predicted molar refractivity (Wildman–Crippen MR) is 78.4 cm³/mol. The molecule has 1 saturated carbocycles. The second-order valence-corrected chi connectivity index (χ2v) is 9.28. The lowest BCUT2D eigenvalue weighted by atomic mass is 9.80. The summed E-state index contributed by atoms with van der Waals surface area (Å²) in [6, 6.07) is 0. The van der Waals surface area contributed by atoms with E-state index in [4.69, 9.17) is 0 Å². The Morgan fingerprint density at radius 1 is 1.26 bits per heavy atom. The zero-order valence-corrected chi connectivity index (χ0v) is 13.5. The van der Waals surface area contributed by atoms with E-state index in [1.165, 1.54) is 0 Å². The van der Waals surface area contributed by atoms with Gasteiger partial charge in [-0.25, -0.2) is 13.1 Å². The molecule has 0 aromatic heterocycles. The Balaban J connectivity index is 2.42. The molecule has 0 amide bonds.